The molecule has 1 unspecified atom stereocenters. The van der Waals surface area contributed by atoms with Crippen molar-refractivity contribution in [3.63, 3.8) is 0 Å². The first-order valence-electron chi connectivity index (χ1n) is 6.74. The average Bonchev–Trinajstić information content (AvgIpc) is 2.41. The Morgan fingerprint density at radius 2 is 2.05 bits per heavy atom. The third-order valence-electron chi connectivity index (χ3n) is 3.16. The lowest BCUT2D eigenvalue weighted by Gasteiger charge is -2.15. The molecular weight excluding hydrogens is 328 g/mol. The van der Waals surface area contributed by atoms with E-state index in [0.29, 0.717) is 18.1 Å². The number of thioether (sulfide) groups is 1. The highest BCUT2D eigenvalue weighted by atomic mass is 35.5. The molecule has 0 aliphatic carbocycles. The SMILES string of the molecule is CNCc1cc(Cl)cc(S(=O)(=O)NCC(C)CSC)c1C. The van der Waals surface area contributed by atoms with E-state index in [-0.39, 0.29) is 10.8 Å². The second kappa shape index (κ2) is 8.39. The molecule has 21 heavy (non-hydrogen) atoms. The normalized spacial score (nSPS) is 13.4. The summed E-state index contributed by atoms with van der Waals surface area (Å²) in [5.74, 6) is 1.20. The zero-order valence-corrected chi connectivity index (χ0v) is 15.3. The zero-order chi connectivity index (χ0) is 16.0. The molecule has 0 bridgehead atoms. The van der Waals surface area contributed by atoms with Crippen molar-refractivity contribution in [2.75, 3.05) is 25.6 Å². The van der Waals surface area contributed by atoms with Crippen LogP contribution in [0.1, 0.15) is 18.1 Å². The summed E-state index contributed by atoms with van der Waals surface area (Å²) in [6, 6.07) is 3.31. The van der Waals surface area contributed by atoms with Crippen molar-refractivity contribution in [3.05, 3.63) is 28.3 Å². The van der Waals surface area contributed by atoms with Crippen molar-refractivity contribution >= 4 is 33.4 Å². The number of hydrogen-bond acceptors (Lipinski definition) is 4. The standard InChI is InChI=1S/C14H23ClN2O2S2/c1-10(9-20-4)7-17-21(18,19)14-6-13(15)5-12(8-16-3)11(14)2/h5-6,10,16-17H,7-9H2,1-4H3. The van der Waals surface area contributed by atoms with Gasteiger partial charge in [0, 0.05) is 18.1 Å². The van der Waals surface area contributed by atoms with Crippen LogP contribution in [0.5, 0.6) is 0 Å². The number of hydrogen-bond donors (Lipinski definition) is 2. The first-order valence-corrected chi connectivity index (χ1v) is 9.99. The molecule has 0 aliphatic heterocycles. The van der Waals surface area contributed by atoms with Gasteiger partial charge in [0.25, 0.3) is 0 Å². The van der Waals surface area contributed by atoms with Crippen LogP contribution in [-0.2, 0) is 16.6 Å². The van der Waals surface area contributed by atoms with Crippen molar-refractivity contribution in [1.29, 1.82) is 0 Å². The van der Waals surface area contributed by atoms with Crippen LogP contribution in [0.2, 0.25) is 5.02 Å². The molecule has 0 fully saturated rings. The Hall–Kier alpha value is -0.270. The summed E-state index contributed by atoms with van der Waals surface area (Å²) < 4.78 is 27.6. The van der Waals surface area contributed by atoms with Crippen LogP contribution < -0.4 is 10.0 Å². The topological polar surface area (TPSA) is 58.2 Å². The van der Waals surface area contributed by atoms with E-state index < -0.39 is 10.0 Å². The number of nitrogens with one attached hydrogen (secondary N) is 2. The maximum absolute atomic E-state index is 12.5. The maximum Gasteiger partial charge on any atom is 0.240 e. The number of rotatable bonds is 8. The van der Waals surface area contributed by atoms with Gasteiger partial charge in [-0.2, -0.15) is 11.8 Å². The van der Waals surface area contributed by atoms with Crippen LogP contribution in [-0.4, -0.2) is 34.0 Å². The Kier molecular flexibility index (Phi) is 7.50. The van der Waals surface area contributed by atoms with Gasteiger partial charge in [-0.25, -0.2) is 13.1 Å². The molecule has 1 aromatic rings. The highest BCUT2D eigenvalue weighted by molar-refractivity contribution is 7.98. The van der Waals surface area contributed by atoms with E-state index in [1.807, 2.05) is 27.2 Å². The molecule has 2 N–H and O–H groups in total. The third-order valence-corrected chi connectivity index (χ3v) is 5.83. The molecule has 0 aromatic heterocycles. The third kappa shape index (κ3) is 5.45. The lowest BCUT2D eigenvalue weighted by molar-refractivity contribution is 0.562. The largest absolute Gasteiger partial charge is 0.316 e. The minimum absolute atomic E-state index is 0.261. The Morgan fingerprint density at radius 3 is 2.62 bits per heavy atom. The van der Waals surface area contributed by atoms with Crippen LogP contribution in [0.15, 0.2) is 17.0 Å². The summed E-state index contributed by atoms with van der Waals surface area (Å²) in [4.78, 5) is 0.261. The van der Waals surface area contributed by atoms with Crippen LogP contribution >= 0.6 is 23.4 Å². The van der Waals surface area contributed by atoms with Gasteiger partial charge in [0.15, 0.2) is 0 Å². The number of sulfonamides is 1. The molecule has 0 saturated heterocycles. The average molecular weight is 351 g/mol. The first kappa shape index (κ1) is 18.8. The molecule has 7 heteroatoms. The van der Waals surface area contributed by atoms with E-state index in [2.05, 4.69) is 10.0 Å². The molecule has 0 spiro atoms. The lowest BCUT2D eigenvalue weighted by atomic mass is 10.1. The first-order chi connectivity index (χ1) is 9.81. The van der Waals surface area contributed by atoms with Gasteiger partial charge in [0.2, 0.25) is 10.0 Å². The second-order valence-electron chi connectivity index (χ2n) is 5.13. The Labute approximate surface area is 137 Å². The van der Waals surface area contributed by atoms with Gasteiger partial charge in [0.05, 0.1) is 4.90 Å². The molecule has 4 nitrogen and oxygen atoms in total. The van der Waals surface area contributed by atoms with Gasteiger partial charge in [-0.05, 0) is 55.2 Å². The lowest BCUT2D eigenvalue weighted by Crippen LogP contribution is -2.30. The molecule has 1 aromatic carbocycles. The highest BCUT2D eigenvalue weighted by Crippen LogP contribution is 2.24. The molecule has 0 radical (unpaired) electrons. The van der Waals surface area contributed by atoms with E-state index >= 15 is 0 Å². The van der Waals surface area contributed by atoms with Gasteiger partial charge < -0.3 is 5.32 Å². The second-order valence-corrected chi connectivity index (χ2v) is 8.21. The van der Waals surface area contributed by atoms with Crippen molar-refractivity contribution in [2.45, 2.75) is 25.3 Å². The van der Waals surface area contributed by atoms with Crippen LogP contribution in [0.25, 0.3) is 0 Å². The fraction of sp³-hybridized carbons (Fsp3) is 0.571. The van der Waals surface area contributed by atoms with Crippen LogP contribution in [0.3, 0.4) is 0 Å². The highest BCUT2D eigenvalue weighted by Gasteiger charge is 2.20. The Bertz CT molecular complexity index is 577. The molecule has 0 aliphatic rings. The van der Waals surface area contributed by atoms with Gasteiger partial charge >= 0.3 is 0 Å². The minimum atomic E-state index is -3.54. The fourth-order valence-electron chi connectivity index (χ4n) is 2.03. The smallest absolute Gasteiger partial charge is 0.240 e. The molecule has 1 atom stereocenters. The van der Waals surface area contributed by atoms with E-state index in [1.165, 1.54) is 6.07 Å². The van der Waals surface area contributed by atoms with Gasteiger partial charge in [-0.1, -0.05) is 18.5 Å². The summed E-state index contributed by atoms with van der Waals surface area (Å²) >= 11 is 7.76. The molecule has 120 valence electrons. The van der Waals surface area contributed by atoms with Crippen molar-refractivity contribution in [2.24, 2.45) is 5.92 Å². The number of benzene rings is 1. The molecular formula is C14H23ClN2O2S2. The molecule has 0 amide bonds. The summed E-state index contributed by atoms with van der Waals surface area (Å²) in [7, 11) is -1.72. The van der Waals surface area contributed by atoms with E-state index in [9.17, 15) is 8.42 Å². The summed E-state index contributed by atoms with van der Waals surface area (Å²) in [6.45, 7) is 4.84. The number of halogens is 1. The molecule has 1 rings (SSSR count). The predicted octanol–water partition coefficient (Wildman–Crippen LogP) is 2.65. The molecule has 0 heterocycles. The van der Waals surface area contributed by atoms with Gasteiger partial charge in [0.1, 0.15) is 0 Å². The zero-order valence-electron chi connectivity index (χ0n) is 12.9. The summed E-state index contributed by atoms with van der Waals surface area (Å²) in [5, 5.41) is 3.45. The summed E-state index contributed by atoms with van der Waals surface area (Å²) in [5.41, 5.74) is 1.63. The predicted molar refractivity (Wildman–Crippen MR) is 91.7 cm³/mol. The summed E-state index contributed by atoms with van der Waals surface area (Å²) in [6.07, 6.45) is 2.01. The molecule has 0 saturated carbocycles. The Balaban J connectivity index is 3.02. The van der Waals surface area contributed by atoms with Crippen molar-refractivity contribution in [1.82, 2.24) is 10.0 Å². The van der Waals surface area contributed by atoms with Crippen LogP contribution in [0, 0.1) is 12.8 Å². The van der Waals surface area contributed by atoms with E-state index in [1.54, 1.807) is 17.8 Å². The monoisotopic (exact) mass is 350 g/mol. The quantitative estimate of drug-likeness (QED) is 0.756. The van der Waals surface area contributed by atoms with E-state index in [0.717, 1.165) is 16.9 Å². The van der Waals surface area contributed by atoms with Crippen LogP contribution in [0.4, 0.5) is 0 Å². The maximum atomic E-state index is 12.5. The van der Waals surface area contributed by atoms with Gasteiger partial charge in [-0.3, -0.25) is 0 Å². The Morgan fingerprint density at radius 1 is 1.38 bits per heavy atom. The van der Waals surface area contributed by atoms with Gasteiger partial charge in [-0.15, -0.1) is 0 Å². The minimum Gasteiger partial charge on any atom is -0.316 e. The van der Waals surface area contributed by atoms with Crippen molar-refractivity contribution in [3.8, 4) is 0 Å². The fourth-order valence-corrected chi connectivity index (χ4v) is 4.50. The van der Waals surface area contributed by atoms with E-state index in [4.69, 9.17) is 11.6 Å². The van der Waals surface area contributed by atoms with Crippen molar-refractivity contribution < 1.29 is 8.42 Å².